The van der Waals surface area contributed by atoms with Crippen LogP contribution in [0.25, 0.3) is 0 Å². The predicted molar refractivity (Wildman–Crippen MR) is 109 cm³/mol. The van der Waals surface area contributed by atoms with E-state index in [-0.39, 0.29) is 12.4 Å². The highest BCUT2D eigenvalue weighted by atomic mass is 35.5. The molecular weight excluding hydrogens is 330 g/mol. The summed E-state index contributed by atoms with van der Waals surface area (Å²) in [4.78, 5) is 2.18. The summed E-state index contributed by atoms with van der Waals surface area (Å²) >= 11 is 0. The average molecular weight is 360 g/mol. The Hall–Kier alpha value is -1.51. The molecule has 0 aromatic heterocycles. The third kappa shape index (κ3) is 4.77. The monoisotopic (exact) mass is 359 g/mol. The van der Waals surface area contributed by atoms with Crippen LogP contribution in [0.3, 0.4) is 0 Å². The molecule has 2 aromatic carbocycles. The Labute approximate surface area is 158 Å². The lowest BCUT2D eigenvalue weighted by molar-refractivity contribution is -0.0476. The first-order chi connectivity index (χ1) is 11.6. The molecule has 0 saturated heterocycles. The van der Waals surface area contributed by atoms with Gasteiger partial charge in [-0.2, -0.15) is 0 Å². The Morgan fingerprint density at radius 1 is 1.00 bits per heavy atom. The summed E-state index contributed by atoms with van der Waals surface area (Å²) in [6.07, 6.45) is 6.11. The zero-order valence-electron chi connectivity index (χ0n) is 15.3. The number of halogens is 1. The van der Waals surface area contributed by atoms with Gasteiger partial charge in [0.2, 0.25) is 0 Å². The van der Waals surface area contributed by atoms with Gasteiger partial charge in [0.05, 0.1) is 5.60 Å². The van der Waals surface area contributed by atoms with Crippen molar-refractivity contribution in [2.75, 3.05) is 19.0 Å². The van der Waals surface area contributed by atoms with E-state index in [1.54, 1.807) is 0 Å². The van der Waals surface area contributed by atoms with Crippen LogP contribution in [-0.4, -0.2) is 24.8 Å². The number of hydrogen-bond acceptors (Lipinski definition) is 2. The Kier molecular flexibility index (Phi) is 6.92. The molecule has 0 bridgehead atoms. The van der Waals surface area contributed by atoms with Crippen LogP contribution in [0.5, 0.6) is 0 Å². The van der Waals surface area contributed by atoms with Crippen LogP contribution in [0.4, 0.5) is 5.69 Å². The van der Waals surface area contributed by atoms with Crippen molar-refractivity contribution in [2.24, 2.45) is 5.92 Å². The van der Waals surface area contributed by atoms with E-state index < -0.39 is 5.60 Å². The van der Waals surface area contributed by atoms with Gasteiger partial charge in [0.1, 0.15) is 0 Å². The molecule has 1 saturated carbocycles. The molecule has 1 aliphatic rings. The molecule has 2 nitrogen and oxygen atoms in total. The van der Waals surface area contributed by atoms with E-state index in [9.17, 15) is 5.11 Å². The van der Waals surface area contributed by atoms with Gasteiger partial charge in [-0.25, -0.2) is 0 Å². The number of rotatable bonds is 5. The molecule has 2 atom stereocenters. The topological polar surface area (TPSA) is 23.5 Å². The van der Waals surface area contributed by atoms with E-state index in [4.69, 9.17) is 0 Å². The summed E-state index contributed by atoms with van der Waals surface area (Å²) in [5, 5.41) is 11.5. The molecule has 0 spiro atoms. The highest BCUT2D eigenvalue weighted by molar-refractivity contribution is 5.85. The van der Waals surface area contributed by atoms with Crippen molar-refractivity contribution >= 4 is 18.1 Å². The van der Waals surface area contributed by atoms with E-state index in [1.807, 2.05) is 6.07 Å². The van der Waals surface area contributed by atoms with Gasteiger partial charge in [-0.3, -0.25) is 0 Å². The molecule has 0 heterocycles. The zero-order valence-corrected chi connectivity index (χ0v) is 16.1. The van der Waals surface area contributed by atoms with Crippen molar-refractivity contribution in [1.29, 1.82) is 0 Å². The molecular formula is C22H30ClNO. The second-order valence-corrected chi connectivity index (χ2v) is 7.44. The molecule has 2 aromatic rings. The smallest absolute Gasteiger partial charge is 0.0719 e. The minimum Gasteiger partial charge on any atom is -0.389 e. The van der Waals surface area contributed by atoms with Crippen molar-refractivity contribution in [1.82, 2.24) is 0 Å². The number of nitrogens with zero attached hydrogens (tertiary/aromatic N) is 1. The highest BCUT2D eigenvalue weighted by Gasteiger charge is 2.39. The molecule has 3 rings (SSSR count). The van der Waals surface area contributed by atoms with Gasteiger partial charge in [0.15, 0.2) is 0 Å². The van der Waals surface area contributed by atoms with E-state index in [1.165, 1.54) is 23.2 Å². The van der Waals surface area contributed by atoms with Gasteiger partial charge in [-0.1, -0.05) is 61.4 Å². The minimum atomic E-state index is -0.584. The summed E-state index contributed by atoms with van der Waals surface area (Å²) in [6.45, 7) is 0. The number of hydrogen-bond donors (Lipinski definition) is 1. The number of aliphatic hydroxyl groups is 1. The van der Waals surface area contributed by atoms with Gasteiger partial charge in [-0.05, 0) is 42.4 Å². The fraction of sp³-hybridized carbons (Fsp3) is 0.455. The van der Waals surface area contributed by atoms with Crippen LogP contribution in [0.2, 0.25) is 0 Å². The Bertz CT molecular complexity index is 658. The van der Waals surface area contributed by atoms with Crippen molar-refractivity contribution in [3.05, 3.63) is 65.7 Å². The van der Waals surface area contributed by atoms with Crippen LogP contribution >= 0.6 is 12.4 Å². The Balaban J connectivity index is 0.00000225. The molecule has 2 unspecified atom stereocenters. The maximum absolute atomic E-state index is 11.5. The zero-order chi connectivity index (χ0) is 17.0. The molecule has 1 aliphatic carbocycles. The molecule has 25 heavy (non-hydrogen) atoms. The highest BCUT2D eigenvalue weighted by Crippen LogP contribution is 2.39. The predicted octanol–water partition coefficient (Wildman–Crippen LogP) is 4.88. The first-order valence-electron chi connectivity index (χ1n) is 9.10. The molecule has 0 aliphatic heterocycles. The van der Waals surface area contributed by atoms with Crippen molar-refractivity contribution < 1.29 is 5.11 Å². The minimum absolute atomic E-state index is 0. The quantitative estimate of drug-likeness (QED) is 0.822. The number of anilines is 1. The molecule has 1 fully saturated rings. The second kappa shape index (κ2) is 8.73. The lowest BCUT2D eigenvalue weighted by Crippen LogP contribution is -2.43. The van der Waals surface area contributed by atoms with Crippen LogP contribution < -0.4 is 4.90 Å². The fourth-order valence-corrected chi connectivity index (χ4v) is 4.15. The SMILES string of the molecule is CN(C)c1ccccc1CC1CCCCC1(O)Cc1ccccc1.Cl. The van der Waals surface area contributed by atoms with Crippen molar-refractivity contribution in [2.45, 2.75) is 44.1 Å². The normalized spacial score (nSPS) is 22.9. The summed E-state index contributed by atoms with van der Waals surface area (Å²) in [6, 6.07) is 19.0. The Morgan fingerprint density at radius 2 is 1.68 bits per heavy atom. The largest absolute Gasteiger partial charge is 0.389 e. The molecule has 0 radical (unpaired) electrons. The van der Waals surface area contributed by atoms with Gasteiger partial charge >= 0.3 is 0 Å². The molecule has 0 amide bonds. The lowest BCUT2D eigenvalue weighted by atomic mass is 9.70. The lowest BCUT2D eigenvalue weighted by Gasteiger charge is -2.41. The van der Waals surface area contributed by atoms with E-state index in [0.717, 1.165) is 32.1 Å². The van der Waals surface area contributed by atoms with E-state index in [0.29, 0.717) is 5.92 Å². The van der Waals surface area contributed by atoms with Crippen molar-refractivity contribution in [3.63, 3.8) is 0 Å². The third-order valence-electron chi connectivity index (χ3n) is 5.47. The van der Waals surface area contributed by atoms with Crippen LogP contribution in [0, 0.1) is 5.92 Å². The summed E-state index contributed by atoms with van der Waals surface area (Å²) in [5.74, 6) is 0.326. The molecule has 1 N–H and O–H groups in total. The summed E-state index contributed by atoms with van der Waals surface area (Å²) in [7, 11) is 4.19. The fourth-order valence-electron chi connectivity index (χ4n) is 4.15. The summed E-state index contributed by atoms with van der Waals surface area (Å²) in [5.41, 5.74) is 3.28. The van der Waals surface area contributed by atoms with Crippen LogP contribution in [0.15, 0.2) is 54.6 Å². The second-order valence-electron chi connectivity index (χ2n) is 7.44. The Morgan fingerprint density at radius 3 is 2.40 bits per heavy atom. The maximum Gasteiger partial charge on any atom is 0.0719 e. The first kappa shape index (κ1) is 19.8. The van der Waals surface area contributed by atoms with E-state index in [2.05, 4.69) is 67.5 Å². The molecule has 3 heteroatoms. The number of benzene rings is 2. The van der Waals surface area contributed by atoms with E-state index >= 15 is 0 Å². The molecule has 136 valence electrons. The average Bonchev–Trinajstić information content (AvgIpc) is 2.58. The maximum atomic E-state index is 11.5. The number of para-hydroxylation sites is 1. The third-order valence-corrected chi connectivity index (χ3v) is 5.47. The van der Waals surface area contributed by atoms with Gasteiger partial charge in [-0.15, -0.1) is 12.4 Å². The van der Waals surface area contributed by atoms with Gasteiger partial charge < -0.3 is 10.0 Å². The van der Waals surface area contributed by atoms with Gasteiger partial charge in [0.25, 0.3) is 0 Å². The first-order valence-corrected chi connectivity index (χ1v) is 9.10. The van der Waals surface area contributed by atoms with Crippen LogP contribution in [0.1, 0.15) is 36.8 Å². The standard InChI is InChI=1S/C22H29NO.ClH/c1-23(2)21-14-7-6-12-19(21)16-20-13-8-9-15-22(20,24)17-18-10-4-3-5-11-18;/h3-7,10-12,14,20,24H,8-9,13,15-17H2,1-2H3;1H. The van der Waals surface area contributed by atoms with Crippen molar-refractivity contribution in [3.8, 4) is 0 Å². The summed E-state index contributed by atoms with van der Waals surface area (Å²) < 4.78 is 0. The van der Waals surface area contributed by atoms with Crippen LogP contribution in [-0.2, 0) is 12.8 Å². The van der Waals surface area contributed by atoms with Gasteiger partial charge in [0, 0.05) is 26.2 Å².